The fourth-order valence-electron chi connectivity index (χ4n) is 4.16. The van der Waals surface area contributed by atoms with Crippen molar-refractivity contribution in [1.82, 2.24) is 9.55 Å². The van der Waals surface area contributed by atoms with E-state index in [4.69, 9.17) is 4.98 Å². The molecule has 0 saturated heterocycles. The molecule has 0 N–H and O–H groups in total. The van der Waals surface area contributed by atoms with Gasteiger partial charge in [-0.25, -0.2) is 4.98 Å². The lowest BCUT2D eigenvalue weighted by molar-refractivity contribution is -0.121. The number of carbonyl (C=O) groups is 1. The number of carbonyl (C=O) groups excluding carboxylic acids is 1. The first-order chi connectivity index (χ1) is 12.6. The van der Waals surface area contributed by atoms with E-state index in [1.807, 2.05) is 18.2 Å². The van der Waals surface area contributed by atoms with E-state index >= 15 is 0 Å². The van der Waals surface area contributed by atoms with E-state index < -0.39 is 0 Å². The van der Waals surface area contributed by atoms with E-state index in [0.717, 1.165) is 35.6 Å². The third-order valence-corrected chi connectivity index (χ3v) is 5.72. The van der Waals surface area contributed by atoms with Gasteiger partial charge >= 0.3 is 0 Å². The van der Waals surface area contributed by atoms with Crippen molar-refractivity contribution in [2.45, 2.75) is 78.7 Å². The predicted octanol–water partition coefficient (Wildman–Crippen LogP) is 5.38. The van der Waals surface area contributed by atoms with Crippen molar-refractivity contribution in [3.63, 3.8) is 0 Å². The Morgan fingerprint density at radius 2 is 1.96 bits per heavy atom. The van der Waals surface area contributed by atoms with E-state index in [9.17, 15) is 10.1 Å². The van der Waals surface area contributed by atoms with Gasteiger partial charge in [-0.3, -0.25) is 4.79 Å². The number of Topliss-reactive ketones (excluding diaryl/α,β-unsaturated/α-hetero) is 1. The number of nitrogens with zero attached hydrogens (tertiary/aromatic N) is 3. The fraction of sp³-hybridized carbons (Fsp3) is 0.609. The molecule has 27 heavy (non-hydrogen) atoms. The van der Waals surface area contributed by atoms with E-state index in [0.29, 0.717) is 24.2 Å². The molecular weight excluding hydrogens is 334 g/mol. The summed E-state index contributed by atoms with van der Waals surface area (Å²) in [5.41, 5.74) is 2.59. The van der Waals surface area contributed by atoms with Gasteiger partial charge in [0.15, 0.2) is 0 Å². The van der Waals surface area contributed by atoms with Gasteiger partial charge in [0.1, 0.15) is 11.6 Å². The highest BCUT2D eigenvalue weighted by Crippen LogP contribution is 2.47. The minimum absolute atomic E-state index is 0.129. The van der Waals surface area contributed by atoms with Crippen LogP contribution < -0.4 is 0 Å². The molecule has 1 aromatic carbocycles. The SMILES string of the molecule is CC(C)(CC(=O)CCCc1nc2ccc(C#N)cc2n1C(C)(C)C)C1CC1. The molecule has 1 saturated carbocycles. The van der Waals surface area contributed by atoms with Gasteiger partial charge in [-0.05, 0) is 69.6 Å². The second-order valence-electron chi connectivity index (χ2n) is 9.68. The molecule has 0 radical (unpaired) electrons. The second kappa shape index (κ2) is 7.11. The van der Waals surface area contributed by atoms with Crippen LogP contribution in [0, 0.1) is 22.7 Å². The molecule has 0 unspecified atom stereocenters. The molecule has 1 aliphatic rings. The molecule has 1 aliphatic carbocycles. The maximum Gasteiger partial charge on any atom is 0.133 e. The van der Waals surface area contributed by atoms with E-state index in [1.54, 1.807) is 0 Å². The van der Waals surface area contributed by atoms with Crippen LogP contribution in [0.3, 0.4) is 0 Å². The summed E-state index contributed by atoms with van der Waals surface area (Å²) in [6, 6.07) is 7.87. The third-order valence-electron chi connectivity index (χ3n) is 5.72. The zero-order valence-corrected chi connectivity index (χ0v) is 17.3. The summed E-state index contributed by atoms with van der Waals surface area (Å²) in [4.78, 5) is 17.3. The lowest BCUT2D eigenvalue weighted by Gasteiger charge is -2.25. The van der Waals surface area contributed by atoms with Crippen molar-refractivity contribution >= 4 is 16.8 Å². The first kappa shape index (κ1) is 19.6. The van der Waals surface area contributed by atoms with Crippen LogP contribution in [0.25, 0.3) is 11.0 Å². The van der Waals surface area contributed by atoms with Crippen molar-refractivity contribution in [2.24, 2.45) is 11.3 Å². The third kappa shape index (κ3) is 4.40. The summed E-state index contributed by atoms with van der Waals surface area (Å²) in [5.74, 6) is 2.11. The van der Waals surface area contributed by atoms with Gasteiger partial charge in [-0.1, -0.05) is 13.8 Å². The molecule has 1 heterocycles. The van der Waals surface area contributed by atoms with Gasteiger partial charge in [-0.2, -0.15) is 5.26 Å². The van der Waals surface area contributed by atoms with Gasteiger partial charge < -0.3 is 4.57 Å². The zero-order valence-electron chi connectivity index (χ0n) is 17.3. The minimum Gasteiger partial charge on any atom is -0.323 e. The molecule has 0 amide bonds. The molecule has 4 heteroatoms. The van der Waals surface area contributed by atoms with Crippen LogP contribution in [0.5, 0.6) is 0 Å². The summed E-state index contributed by atoms with van der Waals surface area (Å²) in [6.07, 6.45) is 5.47. The maximum absolute atomic E-state index is 12.5. The van der Waals surface area contributed by atoms with Crippen LogP contribution in [-0.2, 0) is 16.8 Å². The highest BCUT2D eigenvalue weighted by Gasteiger charge is 2.38. The van der Waals surface area contributed by atoms with Gasteiger partial charge in [0, 0.05) is 24.8 Å². The molecule has 144 valence electrons. The Balaban J connectivity index is 1.73. The highest BCUT2D eigenvalue weighted by molar-refractivity contribution is 5.79. The number of hydrogen-bond acceptors (Lipinski definition) is 3. The fourth-order valence-corrected chi connectivity index (χ4v) is 4.16. The minimum atomic E-state index is -0.129. The predicted molar refractivity (Wildman–Crippen MR) is 109 cm³/mol. The average molecular weight is 366 g/mol. The zero-order chi connectivity index (χ0) is 19.8. The van der Waals surface area contributed by atoms with Gasteiger partial charge in [0.05, 0.1) is 22.7 Å². The Kier molecular flexibility index (Phi) is 5.16. The summed E-state index contributed by atoms with van der Waals surface area (Å²) in [6.45, 7) is 10.9. The molecule has 0 atom stereocenters. The summed E-state index contributed by atoms with van der Waals surface area (Å²) < 4.78 is 2.22. The second-order valence-corrected chi connectivity index (χ2v) is 9.68. The van der Waals surface area contributed by atoms with Crippen molar-refractivity contribution < 1.29 is 4.79 Å². The number of benzene rings is 1. The molecule has 4 nitrogen and oxygen atoms in total. The largest absolute Gasteiger partial charge is 0.323 e. The van der Waals surface area contributed by atoms with Crippen LogP contribution in [0.4, 0.5) is 0 Å². The van der Waals surface area contributed by atoms with E-state index in [1.165, 1.54) is 12.8 Å². The van der Waals surface area contributed by atoms with Gasteiger partial charge in [-0.15, -0.1) is 0 Å². The highest BCUT2D eigenvalue weighted by atomic mass is 16.1. The molecule has 2 aromatic rings. The Hall–Kier alpha value is -2.15. The topological polar surface area (TPSA) is 58.7 Å². The number of aromatic nitrogens is 2. The quantitative estimate of drug-likeness (QED) is 0.662. The normalized spacial score (nSPS) is 15.1. The Morgan fingerprint density at radius 1 is 1.26 bits per heavy atom. The van der Waals surface area contributed by atoms with Crippen LogP contribution in [0.2, 0.25) is 0 Å². The number of ketones is 1. The smallest absolute Gasteiger partial charge is 0.133 e. The van der Waals surface area contributed by atoms with Crippen LogP contribution in [-0.4, -0.2) is 15.3 Å². The molecule has 1 fully saturated rings. The van der Waals surface area contributed by atoms with Gasteiger partial charge in [0.2, 0.25) is 0 Å². The van der Waals surface area contributed by atoms with Crippen LogP contribution in [0.1, 0.15) is 78.1 Å². The van der Waals surface area contributed by atoms with E-state index in [-0.39, 0.29) is 11.0 Å². The molecule has 1 aromatic heterocycles. The lowest BCUT2D eigenvalue weighted by Crippen LogP contribution is -2.24. The maximum atomic E-state index is 12.5. The standard InChI is InChI=1S/C23H31N3O/c1-22(2,3)26-20-13-16(15-24)9-12-19(20)25-21(26)8-6-7-18(27)14-23(4,5)17-10-11-17/h9,12-13,17H,6-8,10-11,14H2,1-5H3. The first-order valence-electron chi connectivity index (χ1n) is 10.1. The number of aryl methyl sites for hydroxylation is 1. The molecule has 0 aliphatic heterocycles. The van der Waals surface area contributed by atoms with Crippen LogP contribution in [0.15, 0.2) is 18.2 Å². The number of rotatable bonds is 7. The van der Waals surface area contributed by atoms with Crippen LogP contribution >= 0.6 is 0 Å². The van der Waals surface area contributed by atoms with E-state index in [2.05, 4.69) is 45.3 Å². The lowest BCUT2D eigenvalue weighted by atomic mass is 9.81. The molecular formula is C23H31N3O. The van der Waals surface area contributed by atoms with Crippen molar-refractivity contribution in [2.75, 3.05) is 0 Å². The number of nitriles is 1. The number of imidazole rings is 1. The Morgan fingerprint density at radius 3 is 2.56 bits per heavy atom. The Labute approximate surface area is 162 Å². The molecule has 0 spiro atoms. The molecule has 0 bridgehead atoms. The number of hydrogen-bond donors (Lipinski definition) is 0. The summed E-state index contributed by atoms with van der Waals surface area (Å²) in [5, 5.41) is 9.22. The summed E-state index contributed by atoms with van der Waals surface area (Å²) in [7, 11) is 0. The number of fused-ring (bicyclic) bond motifs is 1. The van der Waals surface area contributed by atoms with Gasteiger partial charge in [0.25, 0.3) is 0 Å². The van der Waals surface area contributed by atoms with Crippen molar-refractivity contribution in [3.05, 3.63) is 29.6 Å². The van der Waals surface area contributed by atoms with Crippen molar-refractivity contribution in [1.29, 1.82) is 5.26 Å². The monoisotopic (exact) mass is 365 g/mol. The summed E-state index contributed by atoms with van der Waals surface area (Å²) >= 11 is 0. The molecule has 3 rings (SSSR count). The Bertz CT molecular complexity index is 889. The first-order valence-corrected chi connectivity index (χ1v) is 10.1. The average Bonchev–Trinajstić information content (AvgIpc) is 3.35. The van der Waals surface area contributed by atoms with Crippen molar-refractivity contribution in [3.8, 4) is 6.07 Å².